The summed E-state index contributed by atoms with van der Waals surface area (Å²) in [6.45, 7) is 15.1. The molecule has 1 saturated heterocycles. The third kappa shape index (κ3) is 8.57. The van der Waals surface area contributed by atoms with Crippen LogP contribution in [0.1, 0.15) is 87.5 Å². The highest BCUT2D eigenvalue weighted by molar-refractivity contribution is 6.38. The van der Waals surface area contributed by atoms with Crippen LogP contribution >= 0.6 is 0 Å². The first-order valence-corrected chi connectivity index (χ1v) is 13.3. The quantitative estimate of drug-likeness (QED) is 0.273. The Hall–Kier alpha value is -2.91. The van der Waals surface area contributed by atoms with Gasteiger partial charge in [0, 0.05) is 18.1 Å². The van der Waals surface area contributed by atoms with Gasteiger partial charge in [0.2, 0.25) is 17.6 Å². The summed E-state index contributed by atoms with van der Waals surface area (Å²) in [4.78, 5) is 66.6. The van der Waals surface area contributed by atoms with E-state index in [4.69, 9.17) is 0 Å². The zero-order chi connectivity index (χ0) is 28.1. The molecule has 5 amide bonds. The fraction of sp³-hybridized carbons (Fsp3) is 0.741. The second-order valence-electron chi connectivity index (χ2n) is 12.2. The normalized spacial score (nSPS) is 20.7. The summed E-state index contributed by atoms with van der Waals surface area (Å²) in [5.41, 5.74) is -0.368. The van der Waals surface area contributed by atoms with E-state index in [9.17, 15) is 24.0 Å². The summed E-state index contributed by atoms with van der Waals surface area (Å²) in [6.07, 6.45) is 4.91. The lowest BCUT2D eigenvalue weighted by Crippen LogP contribution is -2.61. The second-order valence-corrected chi connectivity index (χ2v) is 12.2. The standard InChI is InChI=1S/C27H45N5O5/c1-9-11-18(20(33)23(35)28-17-12-13-17)29-22(34)19-16(10-2)14-15-32(19)24(36)21(26(3,4)5)30-25(37)31-27(6,7)8/h10,17-19,21H,9,11-15H2,1-8H3,(H,28,35)(H,29,34)(H2,30,31,37)/b16-10-/t18-,19-,21?/m0/s1. The minimum Gasteiger partial charge on any atom is -0.347 e. The Morgan fingerprint density at radius 3 is 2.14 bits per heavy atom. The lowest BCUT2D eigenvalue weighted by molar-refractivity contribution is -0.143. The summed E-state index contributed by atoms with van der Waals surface area (Å²) in [6, 6.07) is -3.22. The maximum absolute atomic E-state index is 13.8. The van der Waals surface area contributed by atoms with Crippen molar-refractivity contribution in [2.24, 2.45) is 5.41 Å². The molecule has 208 valence electrons. The van der Waals surface area contributed by atoms with Gasteiger partial charge in [-0.05, 0) is 64.4 Å². The van der Waals surface area contributed by atoms with Gasteiger partial charge in [-0.25, -0.2) is 4.79 Å². The Balaban J connectivity index is 2.25. The maximum atomic E-state index is 13.8. The molecule has 10 heteroatoms. The highest BCUT2D eigenvalue weighted by atomic mass is 16.2. The molecule has 1 unspecified atom stereocenters. The fourth-order valence-electron chi connectivity index (χ4n) is 4.34. The maximum Gasteiger partial charge on any atom is 0.315 e. The van der Waals surface area contributed by atoms with E-state index in [1.54, 1.807) is 13.0 Å². The topological polar surface area (TPSA) is 137 Å². The van der Waals surface area contributed by atoms with Crippen molar-refractivity contribution in [2.75, 3.05) is 6.54 Å². The van der Waals surface area contributed by atoms with E-state index in [0.717, 1.165) is 18.4 Å². The van der Waals surface area contributed by atoms with Gasteiger partial charge in [-0.2, -0.15) is 0 Å². The van der Waals surface area contributed by atoms with Gasteiger partial charge in [0.25, 0.3) is 5.91 Å². The monoisotopic (exact) mass is 519 g/mol. The van der Waals surface area contributed by atoms with Crippen molar-refractivity contribution in [3.63, 3.8) is 0 Å². The molecule has 0 spiro atoms. The number of nitrogens with zero attached hydrogens (tertiary/aromatic N) is 1. The van der Waals surface area contributed by atoms with Crippen molar-refractivity contribution in [1.29, 1.82) is 0 Å². The number of carbonyl (C=O) groups excluding carboxylic acids is 5. The van der Waals surface area contributed by atoms with Gasteiger partial charge < -0.3 is 26.2 Å². The molecule has 1 saturated carbocycles. The van der Waals surface area contributed by atoms with Crippen LogP contribution in [0.4, 0.5) is 4.79 Å². The molecular weight excluding hydrogens is 474 g/mol. The number of carbonyl (C=O) groups is 5. The molecule has 0 bridgehead atoms. The van der Waals surface area contributed by atoms with Crippen molar-refractivity contribution < 1.29 is 24.0 Å². The Labute approximate surface area is 220 Å². The van der Waals surface area contributed by atoms with Crippen LogP contribution in [0, 0.1) is 5.41 Å². The predicted molar refractivity (Wildman–Crippen MR) is 142 cm³/mol. The molecule has 2 rings (SSSR count). The number of hydrogen-bond donors (Lipinski definition) is 4. The van der Waals surface area contributed by atoms with Crippen LogP contribution in [0.25, 0.3) is 0 Å². The number of rotatable bonds is 9. The zero-order valence-electron chi connectivity index (χ0n) is 23.6. The summed E-state index contributed by atoms with van der Waals surface area (Å²) >= 11 is 0. The molecule has 10 nitrogen and oxygen atoms in total. The number of hydrogen-bond acceptors (Lipinski definition) is 5. The minimum atomic E-state index is -0.971. The van der Waals surface area contributed by atoms with Gasteiger partial charge in [-0.3, -0.25) is 19.2 Å². The van der Waals surface area contributed by atoms with Crippen molar-refractivity contribution in [1.82, 2.24) is 26.2 Å². The van der Waals surface area contributed by atoms with E-state index in [2.05, 4.69) is 21.3 Å². The number of allylic oxidation sites excluding steroid dienone is 1. The van der Waals surface area contributed by atoms with Crippen LogP contribution in [-0.4, -0.2) is 70.7 Å². The van der Waals surface area contributed by atoms with Gasteiger partial charge in [-0.15, -0.1) is 0 Å². The molecule has 1 aliphatic carbocycles. The lowest BCUT2D eigenvalue weighted by atomic mass is 9.85. The molecule has 0 aromatic heterocycles. The molecule has 2 fully saturated rings. The van der Waals surface area contributed by atoms with E-state index >= 15 is 0 Å². The third-order valence-corrected chi connectivity index (χ3v) is 6.43. The van der Waals surface area contributed by atoms with Crippen molar-refractivity contribution >= 4 is 29.5 Å². The average molecular weight is 520 g/mol. The van der Waals surface area contributed by atoms with Crippen LogP contribution in [0.15, 0.2) is 11.6 Å². The largest absolute Gasteiger partial charge is 0.347 e. The van der Waals surface area contributed by atoms with Crippen LogP contribution in [0.5, 0.6) is 0 Å². The van der Waals surface area contributed by atoms with Crippen LogP contribution in [0.3, 0.4) is 0 Å². The van der Waals surface area contributed by atoms with E-state index in [0.29, 0.717) is 25.8 Å². The molecule has 2 aliphatic rings. The second kappa shape index (κ2) is 12.1. The van der Waals surface area contributed by atoms with Crippen LogP contribution < -0.4 is 21.3 Å². The number of likely N-dealkylation sites (tertiary alicyclic amines) is 1. The van der Waals surface area contributed by atoms with Gasteiger partial charge in [-0.1, -0.05) is 40.2 Å². The summed E-state index contributed by atoms with van der Waals surface area (Å²) < 4.78 is 0. The predicted octanol–water partition coefficient (Wildman–Crippen LogP) is 2.18. The number of urea groups is 1. The molecule has 3 atom stereocenters. The molecular formula is C27H45N5O5. The Morgan fingerprint density at radius 1 is 1.03 bits per heavy atom. The van der Waals surface area contributed by atoms with Crippen LogP contribution in [0.2, 0.25) is 0 Å². The van der Waals surface area contributed by atoms with E-state index in [1.807, 2.05) is 48.5 Å². The molecule has 4 N–H and O–H groups in total. The van der Waals surface area contributed by atoms with Crippen molar-refractivity contribution in [3.05, 3.63) is 11.6 Å². The van der Waals surface area contributed by atoms with E-state index in [1.165, 1.54) is 4.90 Å². The summed E-state index contributed by atoms with van der Waals surface area (Å²) in [7, 11) is 0. The first kappa shape index (κ1) is 30.3. The smallest absolute Gasteiger partial charge is 0.315 e. The Bertz CT molecular complexity index is 926. The molecule has 1 aliphatic heterocycles. The van der Waals surface area contributed by atoms with Gasteiger partial charge in [0.05, 0.1) is 6.04 Å². The molecule has 0 aromatic rings. The molecule has 0 radical (unpaired) electrons. The average Bonchev–Trinajstić information content (AvgIpc) is 3.48. The number of ketones is 1. The summed E-state index contributed by atoms with van der Waals surface area (Å²) in [5.74, 6) is -2.24. The highest BCUT2D eigenvalue weighted by Gasteiger charge is 2.44. The van der Waals surface area contributed by atoms with Crippen molar-refractivity contribution in [2.45, 2.75) is 117 Å². The Morgan fingerprint density at radius 2 is 1.65 bits per heavy atom. The van der Waals surface area contributed by atoms with E-state index < -0.39 is 52.7 Å². The third-order valence-electron chi connectivity index (χ3n) is 6.43. The SMILES string of the molecule is C/C=C1/CCN(C(=O)C(NC(=O)NC(C)(C)C)C(C)(C)C)[C@@H]1C(=O)N[C@@H](CCC)C(=O)C(=O)NC1CC1. The molecule has 37 heavy (non-hydrogen) atoms. The van der Waals surface area contributed by atoms with Gasteiger partial charge in [0.15, 0.2) is 0 Å². The number of amides is 5. The first-order valence-electron chi connectivity index (χ1n) is 13.3. The molecule has 1 heterocycles. The lowest BCUT2D eigenvalue weighted by Gasteiger charge is -2.36. The fourth-order valence-corrected chi connectivity index (χ4v) is 4.34. The molecule has 0 aromatic carbocycles. The Kier molecular flexibility index (Phi) is 9.91. The first-order chi connectivity index (χ1) is 17.1. The van der Waals surface area contributed by atoms with E-state index in [-0.39, 0.29) is 11.9 Å². The number of Topliss-reactive ketones (excluding diaryl/α,β-unsaturated/α-hetero) is 1. The summed E-state index contributed by atoms with van der Waals surface area (Å²) in [5, 5.41) is 11.1. The van der Waals surface area contributed by atoms with Gasteiger partial charge >= 0.3 is 6.03 Å². The van der Waals surface area contributed by atoms with Gasteiger partial charge in [0.1, 0.15) is 12.1 Å². The van der Waals surface area contributed by atoms with Crippen LogP contribution in [-0.2, 0) is 19.2 Å². The zero-order valence-corrected chi connectivity index (χ0v) is 23.6. The highest BCUT2D eigenvalue weighted by Crippen LogP contribution is 2.29. The minimum absolute atomic E-state index is 0.0318. The van der Waals surface area contributed by atoms with Crippen molar-refractivity contribution in [3.8, 4) is 0 Å². The number of nitrogens with one attached hydrogen (secondary N) is 4.